The molecule has 0 aliphatic carbocycles. The number of ketones is 1. The fourth-order valence-electron chi connectivity index (χ4n) is 3.58. The van der Waals surface area contributed by atoms with E-state index in [1.165, 1.54) is 25.3 Å². The van der Waals surface area contributed by atoms with Crippen LogP contribution in [0.4, 0.5) is 10.1 Å². The number of fused-ring (bicyclic) bond motifs is 1. The molecule has 7 heteroatoms. The summed E-state index contributed by atoms with van der Waals surface area (Å²) in [5.41, 5.74) is 9.05. The van der Waals surface area contributed by atoms with E-state index in [2.05, 4.69) is 5.16 Å². The Morgan fingerprint density at radius 3 is 2.59 bits per heavy atom. The van der Waals surface area contributed by atoms with Gasteiger partial charge in [0.25, 0.3) is 0 Å². The molecule has 4 aromatic rings. The summed E-state index contributed by atoms with van der Waals surface area (Å²) < 4.78 is 21.7. The van der Waals surface area contributed by atoms with Crippen molar-refractivity contribution in [3.8, 4) is 16.8 Å². The highest BCUT2D eigenvalue weighted by Crippen LogP contribution is 2.30. The molecule has 0 fully saturated rings. The number of carbonyl (C=O) groups excluding carboxylic acids is 1. The van der Waals surface area contributed by atoms with E-state index in [1.54, 1.807) is 23.6 Å². The SMILES string of the molecule is CC(=O)c1cc(F)c(-n2ccc(=O)c3ccc(-c4c(C)noc4C)cc32)cc1N. The van der Waals surface area contributed by atoms with Gasteiger partial charge in [0.15, 0.2) is 11.2 Å². The summed E-state index contributed by atoms with van der Waals surface area (Å²) in [6.45, 7) is 4.96. The second-order valence-electron chi connectivity index (χ2n) is 6.93. The van der Waals surface area contributed by atoms with Crippen LogP contribution in [0.25, 0.3) is 27.7 Å². The fraction of sp³-hybridized carbons (Fsp3) is 0.136. The molecule has 146 valence electrons. The minimum atomic E-state index is -0.614. The topological polar surface area (TPSA) is 91.1 Å². The molecule has 0 atom stereocenters. The highest BCUT2D eigenvalue weighted by molar-refractivity contribution is 5.99. The number of anilines is 1. The van der Waals surface area contributed by atoms with E-state index in [1.807, 2.05) is 13.0 Å². The number of Topliss-reactive ketones (excluding diaryl/α,β-unsaturated/α-hetero) is 1. The third kappa shape index (κ3) is 3.00. The number of nitrogen functional groups attached to an aromatic ring is 1. The molecular weight excluding hydrogens is 373 g/mol. The Kier molecular flexibility index (Phi) is 4.30. The Bertz CT molecular complexity index is 1330. The Morgan fingerprint density at radius 2 is 1.93 bits per heavy atom. The van der Waals surface area contributed by atoms with Crippen LogP contribution in [-0.2, 0) is 0 Å². The number of nitrogens with zero attached hydrogens (tertiary/aromatic N) is 2. The second-order valence-corrected chi connectivity index (χ2v) is 6.93. The van der Waals surface area contributed by atoms with Crippen LogP contribution in [0.2, 0.25) is 0 Å². The minimum absolute atomic E-state index is 0.119. The van der Waals surface area contributed by atoms with Gasteiger partial charge >= 0.3 is 0 Å². The molecule has 0 saturated heterocycles. The smallest absolute Gasteiger partial charge is 0.189 e. The number of hydrogen-bond donors (Lipinski definition) is 1. The molecule has 29 heavy (non-hydrogen) atoms. The van der Waals surface area contributed by atoms with E-state index < -0.39 is 5.82 Å². The van der Waals surface area contributed by atoms with Crippen molar-refractivity contribution in [2.24, 2.45) is 0 Å². The highest BCUT2D eigenvalue weighted by Gasteiger charge is 2.17. The molecule has 2 N–H and O–H groups in total. The molecule has 0 spiro atoms. The Labute approximate surface area is 165 Å². The van der Waals surface area contributed by atoms with E-state index in [9.17, 15) is 14.0 Å². The first kappa shape index (κ1) is 18.6. The van der Waals surface area contributed by atoms with Crippen LogP contribution in [0.5, 0.6) is 0 Å². The Hall–Kier alpha value is -3.74. The summed E-state index contributed by atoms with van der Waals surface area (Å²) >= 11 is 0. The molecule has 0 amide bonds. The van der Waals surface area contributed by atoms with Crippen LogP contribution in [0.15, 0.2) is 51.9 Å². The van der Waals surface area contributed by atoms with Crippen molar-refractivity contribution in [3.63, 3.8) is 0 Å². The molecule has 2 heterocycles. The van der Waals surface area contributed by atoms with Gasteiger partial charge in [-0.1, -0.05) is 11.2 Å². The van der Waals surface area contributed by atoms with Gasteiger partial charge in [-0.2, -0.15) is 0 Å². The van der Waals surface area contributed by atoms with Gasteiger partial charge in [-0.25, -0.2) is 4.39 Å². The van der Waals surface area contributed by atoms with Gasteiger partial charge in [-0.05, 0) is 50.6 Å². The lowest BCUT2D eigenvalue weighted by molar-refractivity contribution is 0.101. The Morgan fingerprint density at radius 1 is 1.17 bits per heavy atom. The van der Waals surface area contributed by atoms with E-state index in [0.29, 0.717) is 22.4 Å². The van der Waals surface area contributed by atoms with Crippen molar-refractivity contribution >= 4 is 22.4 Å². The van der Waals surface area contributed by atoms with Crippen molar-refractivity contribution in [2.45, 2.75) is 20.8 Å². The summed E-state index contributed by atoms with van der Waals surface area (Å²) in [5, 5.41) is 4.40. The van der Waals surface area contributed by atoms with Crippen molar-refractivity contribution in [1.29, 1.82) is 0 Å². The zero-order chi connectivity index (χ0) is 20.9. The number of pyridine rings is 1. The number of rotatable bonds is 3. The fourth-order valence-corrected chi connectivity index (χ4v) is 3.58. The number of aromatic nitrogens is 2. The summed E-state index contributed by atoms with van der Waals surface area (Å²) in [5.74, 6) is -0.289. The maximum atomic E-state index is 14.9. The van der Waals surface area contributed by atoms with Crippen LogP contribution in [0.3, 0.4) is 0 Å². The molecular formula is C22H18FN3O3. The lowest BCUT2D eigenvalue weighted by Gasteiger charge is -2.15. The van der Waals surface area contributed by atoms with Crippen molar-refractivity contribution < 1.29 is 13.7 Å². The number of hydrogen-bond acceptors (Lipinski definition) is 5. The van der Waals surface area contributed by atoms with Gasteiger partial charge < -0.3 is 14.8 Å². The van der Waals surface area contributed by atoms with Crippen LogP contribution in [0, 0.1) is 19.7 Å². The van der Waals surface area contributed by atoms with Gasteiger partial charge in [0, 0.05) is 34.5 Å². The van der Waals surface area contributed by atoms with Crippen molar-refractivity contribution in [2.75, 3.05) is 5.73 Å². The number of carbonyl (C=O) groups is 1. The predicted molar refractivity (Wildman–Crippen MR) is 109 cm³/mol. The maximum absolute atomic E-state index is 14.9. The molecule has 0 aliphatic rings. The van der Waals surface area contributed by atoms with Crippen LogP contribution < -0.4 is 11.2 Å². The van der Waals surface area contributed by atoms with E-state index in [4.69, 9.17) is 10.3 Å². The number of benzene rings is 2. The van der Waals surface area contributed by atoms with Crippen molar-refractivity contribution in [3.05, 3.63) is 75.7 Å². The molecule has 2 aromatic carbocycles. The molecule has 0 aliphatic heterocycles. The molecule has 0 radical (unpaired) electrons. The monoisotopic (exact) mass is 391 g/mol. The zero-order valence-corrected chi connectivity index (χ0v) is 16.1. The molecule has 4 rings (SSSR count). The third-order valence-electron chi connectivity index (χ3n) is 4.98. The largest absolute Gasteiger partial charge is 0.398 e. The predicted octanol–water partition coefficient (Wildman–Crippen LogP) is 4.19. The summed E-state index contributed by atoms with van der Waals surface area (Å²) in [7, 11) is 0. The lowest BCUT2D eigenvalue weighted by atomic mass is 10.0. The first-order valence-corrected chi connectivity index (χ1v) is 8.97. The van der Waals surface area contributed by atoms with E-state index in [0.717, 1.165) is 17.2 Å². The molecule has 0 saturated carbocycles. The number of nitrogens with two attached hydrogens (primary N) is 1. The van der Waals surface area contributed by atoms with Gasteiger partial charge in [0.1, 0.15) is 11.6 Å². The average molecular weight is 391 g/mol. The van der Waals surface area contributed by atoms with E-state index >= 15 is 0 Å². The number of halogens is 1. The molecule has 0 unspecified atom stereocenters. The quantitative estimate of drug-likeness (QED) is 0.418. The highest BCUT2D eigenvalue weighted by atomic mass is 19.1. The van der Waals surface area contributed by atoms with Crippen LogP contribution in [0.1, 0.15) is 28.7 Å². The maximum Gasteiger partial charge on any atom is 0.189 e. The molecule has 6 nitrogen and oxygen atoms in total. The van der Waals surface area contributed by atoms with Crippen molar-refractivity contribution in [1.82, 2.24) is 9.72 Å². The van der Waals surface area contributed by atoms with Crippen LogP contribution in [-0.4, -0.2) is 15.5 Å². The first-order chi connectivity index (χ1) is 13.8. The third-order valence-corrected chi connectivity index (χ3v) is 4.98. The zero-order valence-electron chi connectivity index (χ0n) is 16.1. The average Bonchev–Trinajstić information content (AvgIpc) is 3.01. The first-order valence-electron chi connectivity index (χ1n) is 8.97. The van der Waals surface area contributed by atoms with Crippen LogP contribution >= 0.6 is 0 Å². The van der Waals surface area contributed by atoms with E-state index in [-0.39, 0.29) is 28.2 Å². The molecule has 0 bridgehead atoms. The normalized spacial score (nSPS) is 11.2. The van der Waals surface area contributed by atoms with Gasteiger partial charge in [0.05, 0.1) is 16.9 Å². The minimum Gasteiger partial charge on any atom is -0.398 e. The van der Waals surface area contributed by atoms with Gasteiger partial charge in [-0.3, -0.25) is 9.59 Å². The lowest BCUT2D eigenvalue weighted by Crippen LogP contribution is -2.10. The summed E-state index contributed by atoms with van der Waals surface area (Å²) in [6.07, 6.45) is 1.49. The second kappa shape index (κ2) is 6.70. The molecule has 2 aromatic heterocycles. The van der Waals surface area contributed by atoms with Gasteiger partial charge in [-0.15, -0.1) is 0 Å². The Balaban J connectivity index is 2.02. The van der Waals surface area contributed by atoms with Gasteiger partial charge in [0.2, 0.25) is 0 Å². The summed E-state index contributed by atoms with van der Waals surface area (Å²) in [6, 6.07) is 9.18. The summed E-state index contributed by atoms with van der Waals surface area (Å²) in [4.78, 5) is 24.0. The number of aryl methyl sites for hydroxylation is 2. The standard InChI is InChI=1S/C22H18FN3O3/c1-11-22(13(3)29-25-11)14-4-5-15-19(8-14)26(7-6-21(15)28)20-10-18(24)16(12(2)27)9-17(20)23/h4-10H,24H2,1-3H3.